The molecule has 0 aliphatic carbocycles. The number of hydrogen-bond acceptors (Lipinski definition) is 1. The van der Waals surface area contributed by atoms with Crippen LogP contribution in [0.4, 0.5) is 26.3 Å². The van der Waals surface area contributed by atoms with Crippen LogP contribution >= 0.6 is 0 Å². The maximum absolute atomic E-state index is 14.7. The number of benzene rings is 4. The van der Waals surface area contributed by atoms with E-state index in [1.165, 1.54) is 0 Å². The average Bonchev–Trinajstić information content (AvgIpc) is 2.72. The molecule has 0 radical (unpaired) electrons. The van der Waals surface area contributed by atoms with Crippen molar-refractivity contribution >= 4 is 21.5 Å². The monoisotopic (exact) mass is 390 g/mol. The summed E-state index contributed by atoms with van der Waals surface area (Å²) in [7, 11) is 0. The van der Waals surface area contributed by atoms with E-state index in [9.17, 15) is 26.3 Å². The van der Waals surface area contributed by atoms with Crippen molar-refractivity contribution in [3.8, 4) is 16.9 Å². The molecule has 0 aromatic heterocycles. The smallest absolute Gasteiger partial charge is 0.198 e. The molecule has 0 saturated heterocycles. The van der Waals surface area contributed by atoms with Gasteiger partial charge in [-0.2, -0.15) is 0 Å². The lowest BCUT2D eigenvalue weighted by atomic mass is 9.87. The Balaban J connectivity index is 2.10. The molecule has 0 N–H and O–H groups in total. The molecule has 0 amide bonds. The lowest BCUT2D eigenvalue weighted by Gasteiger charge is -2.25. The molecule has 1 heterocycles. The van der Waals surface area contributed by atoms with Crippen LogP contribution in [0.2, 0.25) is 0 Å². The molecule has 1 aliphatic rings. The first-order valence-electron chi connectivity index (χ1n) is 8.22. The maximum atomic E-state index is 14.7. The summed E-state index contributed by atoms with van der Waals surface area (Å²) in [5.41, 5.74) is -0.479. The lowest BCUT2D eigenvalue weighted by Crippen LogP contribution is -2.13. The highest BCUT2D eigenvalue weighted by atomic mass is 19.2. The van der Waals surface area contributed by atoms with Gasteiger partial charge in [0, 0.05) is 22.1 Å². The predicted molar refractivity (Wildman–Crippen MR) is 91.0 cm³/mol. The van der Waals surface area contributed by atoms with Crippen molar-refractivity contribution in [3.05, 3.63) is 76.9 Å². The summed E-state index contributed by atoms with van der Waals surface area (Å²) >= 11 is 0. The Bertz CT molecular complexity index is 1330. The molecule has 0 saturated carbocycles. The van der Waals surface area contributed by atoms with Crippen molar-refractivity contribution in [1.29, 1.82) is 0 Å². The van der Waals surface area contributed by atoms with Crippen molar-refractivity contribution in [1.82, 2.24) is 0 Å². The normalized spacial score (nSPS) is 12.8. The van der Waals surface area contributed by atoms with E-state index in [2.05, 4.69) is 0 Å². The third-order valence-corrected chi connectivity index (χ3v) is 5.01. The minimum absolute atomic E-state index is 0.160. The zero-order valence-corrected chi connectivity index (χ0v) is 13.8. The summed E-state index contributed by atoms with van der Waals surface area (Å²) in [6.45, 7) is -0.473. The minimum atomic E-state index is -2.20. The molecule has 7 heteroatoms. The zero-order chi connectivity index (χ0) is 19.7. The summed E-state index contributed by atoms with van der Waals surface area (Å²) in [6.07, 6.45) is 0. The van der Waals surface area contributed by atoms with Crippen LogP contribution in [0.1, 0.15) is 5.56 Å². The van der Waals surface area contributed by atoms with Gasteiger partial charge < -0.3 is 4.74 Å². The van der Waals surface area contributed by atoms with E-state index in [0.717, 1.165) is 0 Å². The fourth-order valence-corrected chi connectivity index (χ4v) is 3.77. The molecule has 1 nitrogen and oxygen atoms in total. The van der Waals surface area contributed by atoms with E-state index in [0.29, 0.717) is 10.8 Å². The van der Waals surface area contributed by atoms with Gasteiger partial charge in [-0.3, -0.25) is 0 Å². The van der Waals surface area contributed by atoms with E-state index in [1.54, 1.807) is 36.4 Å². The summed E-state index contributed by atoms with van der Waals surface area (Å²) in [6, 6.07) is 10.0. The first-order valence-corrected chi connectivity index (χ1v) is 8.22. The number of rotatable bonds is 0. The van der Waals surface area contributed by atoms with Crippen LogP contribution < -0.4 is 4.74 Å². The fraction of sp³-hybridized carbons (Fsp3) is 0.0476. The summed E-state index contributed by atoms with van der Waals surface area (Å²) in [4.78, 5) is 0. The number of hydrogen-bond donors (Lipinski definition) is 0. The minimum Gasteiger partial charge on any atom is -0.488 e. The third kappa shape index (κ3) is 1.99. The lowest BCUT2D eigenvalue weighted by molar-refractivity contribution is 0.293. The van der Waals surface area contributed by atoms with E-state index in [4.69, 9.17) is 4.74 Å². The number of halogens is 6. The van der Waals surface area contributed by atoms with Crippen molar-refractivity contribution in [2.75, 3.05) is 0 Å². The molecule has 0 fully saturated rings. The molecule has 0 spiro atoms. The van der Waals surface area contributed by atoms with E-state index < -0.39 is 57.8 Å². The molecular weight excluding hydrogens is 382 g/mol. The topological polar surface area (TPSA) is 9.23 Å². The Hall–Kier alpha value is -3.22. The van der Waals surface area contributed by atoms with E-state index in [-0.39, 0.29) is 16.9 Å². The molecule has 0 unspecified atom stereocenters. The molecule has 1 aliphatic heterocycles. The van der Waals surface area contributed by atoms with Gasteiger partial charge >= 0.3 is 0 Å². The first kappa shape index (κ1) is 16.9. The molecule has 5 rings (SSSR count). The Morgan fingerprint density at radius 2 is 1.25 bits per heavy atom. The summed E-state index contributed by atoms with van der Waals surface area (Å²) in [5.74, 6) is -11.1. The van der Waals surface area contributed by atoms with Crippen molar-refractivity contribution in [3.63, 3.8) is 0 Å². The van der Waals surface area contributed by atoms with Crippen LogP contribution in [-0.2, 0) is 6.61 Å². The van der Waals surface area contributed by atoms with Crippen molar-refractivity contribution < 1.29 is 31.1 Å². The van der Waals surface area contributed by atoms with Gasteiger partial charge in [-0.05, 0) is 16.8 Å². The van der Waals surface area contributed by atoms with Crippen LogP contribution in [0, 0.1) is 34.9 Å². The third-order valence-electron chi connectivity index (χ3n) is 5.01. The SMILES string of the molecule is Fc1c(F)c(F)c2c3c(c(F)c(F)c2c1F)COc1ccc2ccccc2c1-3. The van der Waals surface area contributed by atoms with Crippen molar-refractivity contribution in [2.45, 2.75) is 6.61 Å². The molecular formula is C21H8F6O. The largest absolute Gasteiger partial charge is 0.488 e. The first-order chi connectivity index (χ1) is 13.4. The van der Waals surface area contributed by atoms with Crippen LogP contribution in [0.5, 0.6) is 5.75 Å². The summed E-state index contributed by atoms with van der Waals surface area (Å²) < 4.78 is 91.4. The average molecular weight is 390 g/mol. The second-order valence-electron chi connectivity index (χ2n) is 6.44. The number of ether oxygens (including phenoxy) is 1. The quantitative estimate of drug-likeness (QED) is 0.192. The Labute approximate surface area is 153 Å². The maximum Gasteiger partial charge on any atom is 0.198 e. The molecule has 4 aromatic rings. The van der Waals surface area contributed by atoms with Gasteiger partial charge in [-0.1, -0.05) is 30.3 Å². The molecule has 140 valence electrons. The van der Waals surface area contributed by atoms with Crippen LogP contribution in [0.15, 0.2) is 36.4 Å². The van der Waals surface area contributed by atoms with Gasteiger partial charge in [0.2, 0.25) is 0 Å². The fourth-order valence-electron chi connectivity index (χ4n) is 3.77. The second-order valence-corrected chi connectivity index (χ2v) is 6.44. The highest BCUT2D eigenvalue weighted by molar-refractivity contribution is 6.09. The summed E-state index contributed by atoms with van der Waals surface area (Å²) in [5, 5.41) is -0.975. The van der Waals surface area contributed by atoms with Gasteiger partial charge in [0.25, 0.3) is 0 Å². The van der Waals surface area contributed by atoms with E-state index in [1.807, 2.05) is 0 Å². The standard InChI is InChI=1S/C21H8F6O/c22-16-10-7-28-11-6-5-8-3-1-2-4-9(8)12(11)13(10)14-15(18(16)24)19(25)21(27)20(26)17(14)23/h1-6H,7H2. The van der Waals surface area contributed by atoms with Crippen LogP contribution in [0.3, 0.4) is 0 Å². The van der Waals surface area contributed by atoms with E-state index >= 15 is 0 Å². The van der Waals surface area contributed by atoms with Gasteiger partial charge in [-0.25, -0.2) is 26.3 Å². The van der Waals surface area contributed by atoms with Crippen molar-refractivity contribution in [2.24, 2.45) is 0 Å². The predicted octanol–water partition coefficient (Wildman–Crippen LogP) is 6.39. The Morgan fingerprint density at radius 3 is 2.00 bits per heavy atom. The molecule has 0 atom stereocenters. The Kier molecular flexibility index (Phi) is 3.41. The molecule has 4 aromatic carbocycles. The molecule has 28 heavy (non-hydrogen) atoms. The van der Waals surface area contributed by atoms with Gasteiger partial charge in [0.1, 0.15) is 12.4 Å². The number of fused-ring (bicyclic) bond motifs is 7. The highest BCUT2D eigenvalue weighted by Gasteiger charge is 2.34. The Morgan fingerprint density at radius 1 is 0.607 bits per heavy atom. The highest BCUT2D eigenvalue weighted by Crippen LogP contribution is 2.48. The van der Waals surface area contributed by atoms with Crippen LogP contribution in [0.25, 0.3) is 32.7 Å². The van der Waals surface area contributed by atoms with Gasteiger partial charge in [0.15, 0.2) is 34.9 Å². The van der Waals surface area contributed by atoms with Crippen LogP contribution in [-0.4, -0.2) is 0 Å². The second kappa shape index (κ2) is 5.64. The zero-order valence-electron chi connectivity index (χ0n) is 13.8. The van der Waals surface area contributed by atoms with Gasteiger partial charge in [-0.15, -0.1) is 0 Å². The van der Waals surface area contributed by atoms with Gasteiger partial charge in [0.05, 0.1) is 5.39 Å². The molecule has 0 bridgehead atoms.